The van der Waals surface area contributed by atoms with E-state index in [1.807, 2.05) is 32.0 Å². The molecule has 30 heavy (non-hydrogen) atoms. The Bertz CT molecular complexity index is 957. The van der Waals surface area contributed by atoms with Crippen LogP contribution in [0.15, 0.2) is 36.7 Å². The van der Waals surface area contributed by atoms with Crippen molar-refractivity contribution in [2.24, 2.45) is 7.05 Å². The minimum atomic E-state index is -4.15. The van der Waals surface area contributed by atoms with Gasteiger partial charge in [0.15, 0.2) is 0 Å². The summed E-state index contributed by atoms with van der Waals surface area (Å²) in [6.45, 7) is 5.02. The average Bonchev–Trinajstić information content (AvgIpc) is 3.07. The van der Waals surface area contributed by atoms with Gasteiger partial charge in [0.05, 0.1) is 17.9 Å². The summed E-state index contributed by atoms with van der Waals surface area (Å²) >= 11 is 0. The van der Waals surface area contributed by atoms with Crippen LogP contribution in [-0.2, 0) is 22.0 Å². The molecule has 11 heteroatoms. The molecule has 0 aliphatic carbocycles. The number of nitrogens with one attached hydrogen (secondary N) is 2. The van der Waals surface area contributed by atoms with E-state index in [1.54, 1.807) is 19.3 Å². The maximum Gasteiger partial charge on any atom is 0.334 e. The summed E-state index contributed by atoms with van der Waals surface area (Å²) in [6, 6.07) is 6.20. The number of aromatic nitrogens is 2. The number of ether oxygens (including phenoxy) is 1. The molecule has 0 bridgehead atoms. The van der Waals surface area contributed by atoms with Crippen molar-refractivity contribution < 1.29 is 17.9 Å². The number of rotatable bonds is 6. The summed E-state index contributed by atoms with van der Waals surface area (Å²) in [6.07, 6.45) is 4.15. The molecule has 1 saturated heterocycles. The molecule has 1 aromatic heterocycles. The van der Waals surface area contributed by atoms with E-state index >= 15 is 0 Å². The van der Waals surface area contributed by atoms with E-state index in [1.165, 1.54) is 15.2 Å². The maximum absolute atomic E-state index is 13.1. The van der Waals surface area contributed by atoms with Crippen LogP contribution in [0.2, 0.25) is 0 Å². The number of carbonyl (C=O) groups is 1. The van der Waals surface area contributed by atoms with E-state index in [-0.39, 0.29) is 41.5 Å². The van der Waals surface area contributed by atoms with E-state index < -0.39 is 16.2 Å². The Morgan fingerprint density at radius 1 is 1.30 bits per heavy atom. The van der Waals surface area contributed by atoms with Crippen LogP contribution in [-0.4, -0.2) is 73.0 Å². The fourth-order valence-electron chi connectivity index (χ4n) is 3.29. The smallest absolute Gasteiger partial charge is 0.334 e. The minimum absolute atomic E-state index is 0. The minimum Gasteiger partial charge on any atom is -0.381 e. The molecule has 0 atom stereocenters. The molecule has 2 aromatic rings. The Morgan fingerprint density at radius 2 is 2.00 bits per heavy atom. The van der Waals surface area contributed by atoms with Gasteiger partial charge in [-0.2, -0.15) is 13.5 Å². The number of hydrogen-bond donors (Lipinski definition) is 2. The zero-order valence-corrected chi connectivity index (χ0v) is 20.6. The van der Waals surface area contributed by atoms with Crippen LogP contribution in [0.5, 0.6) is 0 Å². The van der Waals surface area contributed by atoms with Crippen LogP contribution < -0.4 is 14.3 Å². The van der Waals surface area contributed by atoms with Crippen LogP contribution >= 0.6 is 0 Å². The van der Waals surface area contributed by atoms with Gasteiger partial charge in [0.1, 0.15) is 0 Å². The molecular formula is C19H27N5NaO4S. The normalized spacial score (nSPS) is 14.8. The summed E-state index contributed by atoms with van der Waals surface area (Å²) in [7, 11) is -2.44. The SMILES string of the molecule is CC(C)c1cccc(NC(=O)NS(=O)(=O)N(c2cnn(C)c2)C2CCOCC2)c1.[Na]. The van der Waals surface area contributed by atoms with Crippen molar-refractivity contribution in [1.29, 1.82) is 0 Å². The van der Waals surface area contributed by atoms with Gasteiger partial charge in [-0.1, -0.05) is 26.0 Å². The second-order valence-electron chi connectivity index (χ2n) is 7.35. The number of aryl methyl sites for hydroxylation is 1. The molecule has 1 aliphatic rings. The molecule has 0 unspecified atom stereocenters. The molecule has 9 nitrogen and oxygen atoms in total. The van der Waals surface area contributed by atoms with Crippen molar-refractivity contribution in [3.05, 3.63) is 42.2 Å². The molecule has 2 heterocycles. The van der Waals surface area contributed by atoms with Crippen LogP contribution in [0.3, 0.4) is 0 Å². The third-order valence-electron chi connectivity index (χ3n) is 4.76. The third kappa shape index (κ3) is 6.21. The summed E-state index contributed by atoms with van der Waals surface area (Å²) in [4.78, 5) is 12.5. The fraction of sp³-hybridized carbons (Fsp3) is 0.474. The van der Waals surface area contributed by atoms with Gasteiger partial charge < -0.3 is 10.1 Å². The number of hydrogen-bond acceptors (Lipinski definition) is 5. The maximum atomic E-state index is 13.1. The van der Waals surface area contributed by atoms with Crippen LogP contribution in [0.25, 0.3) is 0 Å². The Hall–Kier alpha value is -1.59. The molecule has 0 saturated carbocycles. The van der Waals surface area contributed by atoms with Gasteiger partial charge in [0.2, 0.25) is 0 Å². The molecule has 1 aliphatic heterocycles. The van der Waals surface area contributed by atoms with Gasteiger partial charge >= 0.3 is 16.2 Å². The van der Waals surface area contributed by atoms with E-state index in [0.717, 1.165) is 5.56 Å². The average molecular weight is 445 g/mol. The zero-order chi connectivity index (χ0) is 21.0. The van der Waals surface area contributed by atoms with E-state index in [0.29, 0.717) is 37.4 Å². The first-order chi connectivity index (χ1) is 13.8. The Labute approximate surface area is 199 Å². The second-order valence-corrected chi connectivity index (χ2v) is 8.90. The van der Waals surface area contributed by atoms with Crippen molar-refractivity contribution in [1.82, 2.24) is 14.5 Å². The van der Waals surface area contributed by atoms with Crippen LogP contribution in [0.1, 0.15) is 38.2 Å². The number of benzene rings is 1. The number of anilines is 2. The van der Waals surface area contributed by atoms with Gasteiger partial charge in [-0.05, 0) is 36.5 Å². The molecular weight excluding hydrogens is 417 g/mol. The molecule has 1 radical (unpaired) electrons. The number of amides is 2. The van der Waals surface area contributed by atoms with E-state index in [4.69, 9.17) is 4.74 Å². The molecule has 3 rings (SSSR count). The van der Waals surface area contributed by atoms with E-state index in [2.05, 4.69) is 15.1 Å². The predicted octanol–water partition coefficient (Wildman–Crippen LogP) is 2.21. The monoisotopic (exact) mass is 444 g/mol. The van der Waals surface area contributed by atoms with Crippen molar-refractivity contribution in [2.75, 3.05) is 22.8 Å². The van der Waals surface area contributed by atoms with Crippen molar-refractivity contribution in [3.63, 3.8) is 0 Å². The summed E-state index contributed by atoms with van der Waals surface area (Å²) < 4.78 is 36.4. The van der Waals surface area contributed by atoms with Crippen LogP contribution in [0, 0.1) is 0 Å². The number of urea groups is 1. The van der Waals surface area contributed by atoms with Crippen molar-refractivity contribution >= 4 is 57.2 Å². The number of nitrogens with zero attached hydrogens (tertiary/aromatic N) is 3. The standard InChI is InChI=1S/C19H27N5O4S.Na/c1-14(2)15-5-4-6-16(11-15)21-19(25)22-29(26,27)24(17-7-9-28-10-8-17)18-12-20-23(3)13-18;/h4-6,11-14,17H,7-10H2,1-3H3,(H2,21,22,25);. The predicted molar refractivity (Wildman–Crippen MR) is 117 cm³/mol. The Balaban J connectivity index is 0.00000320. The van der Waals surface area contributed by atoms with Crippen molar-refractivity contribution in [3.8, 4) is 0 Å². The first-order valence-corrected chi connectivity index (χ1v) is 11.0. The van der Waals surface area contributed by atoms with Crippen LogP contribution in [0.4, 0.5) is 16.2 Å². The molecule has 0 spiro atoms. The van der Waals surface area contributed by atoms with Gasteiger partial charge in [0, 0.05) is 61.7 Å². The Kier molecular flexibility index (Phi) is 8.74. The third-order valence-corrected chi connectivity index (χ3v) is 6.23. The molecule has 159 valence electrons. The topological polar surface area (TPSA) is 106 Å². The quantitative estimate of drug-likeness (QED) is 0.665. The van der Waals surface area contributed by atoms with Crippen molar-refractivity contribution in [2.45, 2.75) is 38.6 Å². The van der Waals surface area contributed by atoms with Gasteiger partial charge in [-0.25, -0.2) is 13.8 Å². The van der Waals surface area contributed by atoms with Gasteiger partial charge in [0.25, 0.3) is 0 Å². The Morgan fingerprint density at radius 3 is 2.60 bits per heavy atom. The molecule has 2 amide bonds. The number of carbonyl (C=O) groups excluding carboxylic acids is 1. The fourth-order valence-corrected chi connectivity index (χ4v) is 4.64. The second kappa shape index (κ2) is 10.6. The first kappa shape index (κ1) is 24.7. The van der Waals surface area contributed by atoms with E-state index in [9.17, 15) is 13.2 Å². The summed E-state index contributed by atoms with van der Waals surface area (Å²) in [5.74, 6) is 0.290. The first-order valence-electron chi connectivity index (χ1n) is 9.56. The zero-order valence-electron chi connectivity index (χ0n) is 17.8. The molecule has 1 fully saturated rings. The van der Waals surface area contributed by atoms with Gasteiger partial charge in [-0.15, -0.1) is 0 Å². The summed E-state index contributed by atoms with van der Waals surface area (Å²) in [5, 5.41) is 6.68. The van der Waals surface area contributed by atoms with Gasteiger partial charge in [-0.3, -0.25) is 4.68 Å². The summed E-state index contributed by atoms with van der Waals surface area (Å²) in [5.41, 5.74) is 1.98. The molecule has 2 N–H and O–H groups in total. The molecule has 1 aromatic carbocycles. The largest absolute Gasteiger partial charge is 0.381 e.